The molecule has 4 rings (SSSR count). The minimum absolute atomic E-state index is 0.138. The number of urea groups is 1. The number of rotatable bonds is 7. The van der Waals surface area contributed by atoms with Crippen LogP contribution in [0.4, 0.5) is 23.7 Å². The van der Waals surface area contributed by atoms with Crippen molar-refractivity contribution in [2.45, 2.75) is 30.6 Å². The van der Waals surface area contributed by atoms with Crippen LogP contribution in [-0.4, -0.2) is 20.8 Å². The van der Waals surface area contributed by atoms with Crippen LogP contribution >= 0.6 is 35.0 Å². The lowest BCUT2D eigenvalue weighted by molar-refractivity contribution is -0.136. The van der Waals surface area contributed by atoms with Gasteiger partial charge < -0.3 is 10.6 Å². The van der Waals surface area contributed by atoms with Crippen molar-refractivity contribution in [3.05, 3.63) is 99.3 Å². The highest BCUT2D eigenvalue weighted by Crippen LogP contribution is 2.35. The van der Waals surface area contributed by atoms with E-state index in [0.29, 0.717) is 32.5 Å². The summed E-state index contributed by atoms with van der Waals surface area (Å²) in [7, 11) is 0. The third kappa shape index (κ3) is 6.57. The van der Waals surface area contributed by atoms with E-state index in [0.717, 1.165) is 17.2 Å². The molecule has 192 valence electrons. The standard InChI is InChI=1S/C25H20Cl2F3N5OS/c1-15-6-2-3-7-16(15)14-37-24-34-33-22(35(24)21-12-17(26)10-11-19(21)27)13-31-23(36)32-20-9-5-4-8-18(20)25(28,29)30/h2-12H,13-14H2,1H3,(H2,31,32,36). The summed E-state index contributed by atoms with van der Waals surface area (Å²) >= 11 is 14.1. The van der Waals surface area contributed by atoms with Crippen molar-refractivity contribution in [1.82, 2.24) is 20.1 Å². The lowest BCUT2D eigenvalue weighted by Gasteiger charge is -2.15. The zero-order chi connectivity index (χ0) is 26.6. The predicted octanol–water partition coefficient (Wildman–Crippen LogP) is 7.52. The van der Waals surface area contributed by atoms with Crippen molar-refractivity contribution in [3.8, 4) is 5.69 Å². The smallest absolute Gasteiger partial charge is 0.331 e. The topological polar surface area (TPSA) is 71.8 Å². The van der Waals surface area contributed by atoms with Gasteiger partial charge in [-0.25, -0.2) is 4.79 Å². The van der Waals surface area contributed by atoms with Crippen LogP contribution in [0, 0.1) is 6.92 Å². The molecule has 6 nitrogen and oxygen atoms in total. The van der Waals surface area contributed by atoms with Gasteiger partial charge >= 0.3 is 12.2 Å². The largest absolute Gasteiger partial charge is 0.418 e. The van der Waals surface area contributed by atoms with Crippen LogP contribution in [0.3, 0.4) is 0 Å². The number of amides is 2. The maximum atomic E-state index is 13.3. The third-order valence-electron chi connectivity index (χ3n) is 5.36. The Bertz CT molecular complexity index is 1430. The molecular formula is C25H20Cl2F3N5OS. The van der Waals surface area contributed by atoms with Gasteiger partial charge in [-0.3, -0.25) is 4.57 Å². The normalized spacial score (nSPS) is 11.4. The van der Waals surface area contributed by atoms with Crippen LogP contribution in [0.15, 0.2) is 71.9 Å². The Morgan fingerprint density at radius 3 is 2.51 bits per heavy atom. The highest BCUT2D eigenvalue weighted by Gasteiger charge is 2.33. The molecular weight excluding hydrogens is 546 g/mol. The highest BCUT2D eigenvalue weighted by atomic mass is 35.5. The maximum absolute atomic E-state index is 13.3. The van der Waals surface area contributed by atoms with Gasteiger partial charge in [0.15, 0.2) is 11.0 Å². The number of thioether (sulfide) groups is 1. The van der Waals surface area contributed by atoms with Gasteiger partial charge in [0.1, 0.15) is 0 Å². The molecule has 2 amide bonds. The fraction of sp³-hybridized carbons (Fsp3) is 0.160. The number of alkyl halides is 3. The average Bonchev–Trinajstić information content (AvgIpc) is 3.26. The van der Waals surface area contributed by atoms with E-state index in [4.69, 9.17) is 23.2 Å². The summed E-state index contributed by atoms with van der Waals surface area (Å²) in [4.78, 5) is 12.5. The fourth-order valence-corrected chi connectivity index (χ4v) is 4.90. The van der Waals surface area contributed by atoms with Crippen molar-refractivity contribution >= 4 is 46.7 Å². The molecule has 0 spiro atoms. The van der Waals surface area contributed by atoms with E-state index in [1.165, 1.54) is 30.0 Å². The molecule has 0 saturated heterocycles. The number of aromatic nitrogens is 3. The number of aryl methyl sites for hydroxylation is 1. The van der Waals surface area contributed by atoms with Gasteiger partial charge in [-0.2, -0.15) is 13.2 Å². The van der Waals surface area contributed by atoms with E-state index in [9.17, 15) is 18.0 Å². The van der Waals surface area contributed by atoms with Gasteiger partial charge in [-0.05, 0) is 48.4 Å². The molecule has 4 aromatic rings. The second-order valence-electron chi connectivity index (χ2n) is 7.90. The van der Waals surface area contributed by atoms with Crippen molar-refractivity contribution in [2.75, 3.05) is 5.32 Å². The molecule has 0 saturated carbocycles. The molecule has 2 N–H and O–H groups in total. The number of carbonyl (C=O) groups excluding carboxylic acids is 1. The molecule has 0 unspecified atom stereocenters. The van der Waals surface area contributed by atoms with Gasteiger partial charge in [0.25, 0.3) is 0 Å². The molecule has 0 aliphatic carbocycles. The molecule has 0 aliphatic rings. The van der Waals surface area contributed by atoms with E-state index < -0.39 is 17.8 Å². The van der Waals surface area contributed by atoms with Crippen LogP contribution in [-0.2, 0) is 18.5 Å². The number of nitrogens with one attached hydrogen (secondary N) is 2. The van der Waals surface area contributed by atoms with E-state index in [1.54, 1.807) is 22.8 Å². The maximum Gasteiger partial charge on any atom is 0.418 e. The summed E-state index contributed by atoms with van der Waals surface area (Å²) < 4.78 is 41.5. The molecule has 1 heterocycles. The van der Waals surface area contributed by atoms with E-state index in [2.05, 4.69) is 20.8 Å². The van der Waals surface area contributed by atoms with Crippen LogP contribution in [0.25, 0.3) is 5.69 Å². The fourth-order valence-electron chi connectivity index (χ4n) is 3.49. The highest BCUT2D eigenvalue weighted by molar-refractivity contribution is 7.98. The number of hydrogen-bond acceptors (Lipinski definition) is 4. The number of carbonyl (C=O) groups is 1. The minimum Gasteiger partial charge on any atom is -0.331 e. The molecule has 1 aromatic heterocycles. The zero-order valence-electron chi connectivity index (χ0n) is 19.3. The Hall–Kier alpha value is -3.21. The molecule has 0 bridgehead atoms. The second-order valence-corrected chi connectivity index (χ2v) is 9.68. The van der Waals surface area contributed by atoms with Crippen LogP contribution < -0.4 is 10.6 Å². The van der Waals surface area contributed by atoms with Gasteiger partial charge in [0.2, 0.25) is 0 Å². The van der Waals surface area contributed by atoms with Gasteiger partial charge in [-0.1, -0.05) is 71.4 Å². The van der Waals surface area contributed by atoms with Gasteiger partial charge in [0, 0.05) is 10.8 Å². The van der Waals surface area contributed by atoms with Crippen molar-refractivity contribution < 1.29 is 18.0 Å². The Labute approximate surface area is 225 Å². The van der Waals surface area contributed by atoms with Crippen LogP contribution in [0.2, 0.25) is 10.0 Å². The first-order valence-corrected chi connectivity index (χ1v) is 12.7. The lowest BCUT2D eigenvalue weighted by Crippen LogP contribution is -2.30. The Morgan fingerprint density at radius 2 is 1.76 bits per heavy atom. The third-order valence-corrected chi connectivity index (χ3v) is 6.89. The summed E-state index contributed by atoms with van der Waals surface area (Å²) in [6.07, 6.45) is -4.61. The molecule has 0 radical (unpaired) electrons. The SMILES string of the molecule is Cc1ccccc1CSc1nnc(CNC(=O)Nc2ccccc2C(F)(F)F)n1-c1cc(Cl)ccc1Cl. The summed E-state index contributed by atoms with van der Waals surface area (Å²) in [5.74, 6) is 0.918. The quantitative estimate of drug-likeness (QED) is 0.227. The van der Waals surface area contributed by atoms with Crippen LogP contribution in [0.1, 0.15) is 22.5 Å². The Morgan fingerprint density at radius 1 is 1.03 bits per heavy atom. The molecule has 0 atom stereocenters. The number of hydrogen-bond donors (Lipinski definition) is 2. The predicted molar refractivity (Wildman–Crippen MR) is 139 cm³/mol. The number of para-hydroxylation sites is 1. The first-order chi connectivity index (χ1) is 17.6. The Balaban J connectivity index is 1.57. The summed E-state index contributed by atoms with van der Waals surface area (Å²) in [5, 5.41) is 14.6. The van der Waals surface area contributed by atoms with Gasteiger partial charge in [0.05, 0.1) is 28.5 Å². The summed E-state index contributed by atoms with van der Waals surface area (Å²) in [6.45, 7) is 1.88. The molecule has 0 aliphatic heterocycles. The zero-order valence-corrected chi connectivity index (χ0v) is 21.6. The van der Waals surface area contributed by atoms with Crippen molar-refractivity contribution in [2.24, 2.45) is 0 Å². The molecule has 12 heteroatoms. The van der Waals surface area contributed by atoms with Gasteiger partial charge in [-0.15, -0.1) is 10.2 Å². The first kappa shape index (κ1) is 26.8. The van der Waals surface area contributed by atoms with E-state index in [-0.39, 0.29) is 12.2 Å². The second kappa shape index (κ2) is 11.5. The van der Waals surface area contributed by atoms with E-state index >= 15 is 0 Å². The number of benzene rings is 3. The Kier molecular flexibility index (Phi) is 8.31. The molecule has 0 fully saturated rings. The number of anilines is 1. The summed E-state index contributed by atoms with van der Waals surface area (Å²) in [6, 6.07) is 16.7. The number of nitrogens with zero attached hydrogens (tertiary/aromatic N) is 3. The molecule has 3 aromatic carbocycles. The number of halogens is 5. The summed E-state index contributed by atoms with van der Waals surface area (Å²) in [5.41, 5.74) is 1.43. The van der Waals surface area contributed by atoms with Crippen molar-refractivity contribution in [1.29, 1.82) is 0 Å². The van der Waals surface area contributed by atoms with Crippen LogP contribution in [0.5, 0.6) is 0 Å². The monoisotopic (exact) mass is 565 g/mol. The molecule has 37 heavy (non-hydrogen) atoms. The first-order valence-electron chi connectivity index (χ1n) is 10.9. The van der Waals surface area contributed by atoms with E-state index in [1.807, 2.05) is 31.2 Å². The minimum atomic E-state index is -4.61. The van der Waals surface area contributed by atoms with Crippen molar-refractivity contribution in [3.63, 3.8) is 0 Å². The average molecular weight is 566 g/mol. The lowest BCUT2D eigenvalue weighted by atomic mass is 10.1.